The highest BCUT2D eigenvalue weighted by Crippen LogP contribution is 2.40. The van der Waals surface area contributed by atoms with Gasteiger partial charge in [0, 0.05) is 36.2 Å². The summed E-state index contributed by atoms with van der Waals surface area (Å²) in [4.78, 5) is 33.9. The first kappa shape index (κ1) is 21.4. The van der Waals surface area contributed by atoms with Crippen LogP contribution in [0.1, 0.15) is 40.6 Å². The van der Waals surface area contributed by atoms with Crippen LogP contribution >= 0.6 is 0 Å². The topological polar surface area (TPSA) is 126 Å². The zero-order chi connectivity index (χ0) is 23.7. The van der Waals surface area contributed by atoms with E-state index in [9.17, 15) is 14.0 Å². The molecule has 1 aliphatic carbocycles. The molecule has 3 amide bonds. The number of anilines is 3. The molecule has 0 unspecified atom stereocenters. The molecule has 5 N–H and O–H groups in total. The number of nitrogen functional groups attached to an aromatic ring is 1. The van der Waals surface area contributed by atoms with Gasteiger partial charge in [0.25, 0.3) is 5.91 Å². The molecule has 0 spiro atoms. The summed E-state index contributed by atoms with van der Waals surface area (Å²) >= 11 is 0. The lowest BCUT2D eigenvalue weighted by molar-refractivity contribution is 0.102. The van der Waals surface area contributed by atoms with Crippen LogP contribution in [-0.2, 0) is 6.54 Å². The number of imidazole rings is 1. The fourth-order valence-electron chi connectivity index (χ4n) is 3.72. The molecule has 172 valence electrons. The molecule has 9 nitrogen and oxygen atoms in total. The van der Waals surface area contributed by atoms with Crippen LogP contribution in [0.4, 0.5) is 26.4 Å². The van der Waals surface area contributed by atoms with Gasteiger partial charge in [-0.2, -0.15) is 0 Å². The molecule has 4 aromatic rings. The first-order valence-electron chi connectivity index (χ1n) is 10.8. The van der Waals surface area contributed by atoms with E-state index in [1.165, 1.54) is 24.3 Å². The zero-order valence-electron chi connectivity index (χ0n) is 18.1. The predicted octanol–water partition coefficient (Wildman–Crippen LogP) is 3.90. The monoisotopic (exact) mass is 459 g/mol. The van der Waals surface area contributed by atoms with E-state index >= 15 is 0 Å². The Kier molecular flexibility index (Phi) is 5.54. The number of benzene rings is 2. The molecule has 0 aliphatic heterocycles. The van der Waals surface area contributed by atoms with Crippen molar-refractivity contribution < 1.29 is 14.0 Å². The van der Waals surface area contributed by atoms with E-state index in [4.69, 9.17) is 5.73 Å². The number of aromatic nitrogens is 3. The van der Waals surface area contributed by atoms with Crippen LogP contribution in [-0.4, -0.2) is 26.3 Å². The molecule has 2 heterocycles. The lowest BCUT2D eigenvalue weighted by Crippen LogP contribution is -2.28. The van der Waals surface area contributed by atoms with Crippen molar-refractivity contribution in [3.63, 3.8) is 0 Å². The van der Waals surface area contributed by atoms with Crippen molar-refractivity contribution in [2.75, 3.05) is 16.4 Å². The van der Waals surface area contributed by atoms with Crippen LogP contribution in [0, 0.1) is 5.82 Å². The van der Waals surface area contributed by atoms with Gasteiger partial charge < -0.3 is 21.7 Å². The minimum atomic E-state index is -0.430. The Labute approximate surface area is 194 Å². The minimum Gasteiger partial charge on any atom is -0.382 e. The van der Waals surface area contributed by atoms with Gasteiger partial charge in [0.2, 0.25) is 0 Å². The van der Waals surface area contributed by atoms with Crippen LogP contribution in [0.5, 0.6) is 0 Å². The molecule has 34 heavy (non-hydrogen) atoms. The Morgan fingerprint density at radius 1 is 1.09 bits per heavy atom. The first-order chi connectivity index (χ1) is 16.5. The quantitative estimate of drug-likeness (QED) is 0.348. The Bertz CT molecular complexity index is 1380. The van der Waals surface area contributed by atoms with Gasteiger partial charge in [0.05, 0.1) is 0 Å². The van der Waals surface area contributed by atoms with E-state index in [1.807, 2.05) is 10.5 Å². The number of halogens is 1. The maximum atomic E-state index is 13.1. The maximum absolute atomic E-state index is 13.1. The average Bonchev–Trinajstić information content (AvgIpc) is 3.59. The van der Waals surface area contributed by atoms with E-state index < -0.39 is 6.03 Å². The van der Waals surface area contributed by atoms with Crippen molar-refractivity contribution in [2.24, 2.45) is 0 Å². The Morgan fingerprint density at radius 3 is 2.65 bits per heavy atom. The number of rotatable bonds is 6. The second-order valence-corrected chi connectivity index (χ2v) is 8.09. The van der Waals surface area contributed by atoms with Gasteiger partial charge in [-0.05, 0) is 54.8 Å². The van der Waals surface area contributed by atoms with Crippen LogP contribution in [0.3, 0.4) is 0 Å². The largest absolute Gasteiger partial charge is 0.382 e. The first-order valence-corrected chi connectivity index (χ1v) is 10.8. The van der Waals surface area contributed by atoms with Gasteiger partial charge in [-0.3, -0.25) is 9.20 Å². The number of carbonyl (C=O) groups excluding carboxylic acids is 2. The third-order valence-corrected chi connectivity index (χ3v) is 5.51. The Hall–Kier alpha value is -4.47. The third-order valence-electron chi connectivity index (χ3n) is 5.51. The lowest BCUT2D eigenvalue weighted by Gasteiger charge is -2.10. The molecule has 1 aliphatic rings. The van der Waals surface area contributed by atoms with Crippen molar-refractivity contribution in [2.45, 2.75) is 25.3 Å². The summed E-state index contributed by atoms with van der Waals surface area (Å²) in [6.45, 7) is 0.229. The van der Waals surface area contributed by atoms with Crippen LogP contribution in [0.25, 0.3) is 5.52 Å². The Balaban J connectivity index is 1.27. The van der Waals surface area contributed by atoms with Gasteiger partial charge in [-0.1, -0.05) is 12.1 Å². The molecule has 1 fully saturated rings. The number of amides is 3. The van der Waals surface area contributed by atoms with Crippen molar-refractivity contribution in [3.05, 3.63) is 83.8 Å². The normalized spacial score (nSPS) is 13.0. The van der Waals surface area contributed by atoms with Crippen molar-refractivity contribution >= 4 is 34.6 Å². The summed E-state index contributed by atoms with van der Waals surface area (Å²) in [5.41, 5.74) is 8.60. The molecular weight excluding hydrogens is 437 g/mol. The smallest absolute Gasteiger partial charge is 0.319 e. The third kappa shape index (κ3) is 4.51. The zero-order valence-corrected chi connectivity index (χ0v) is 18.1. The van der Waals surface area contributed by atoms with Crippen molar-refractivity contribution in [1.29, 1.82) is 0 Å². The van der Waals surface area contributed by atoms with E-state index in [2.05, 4.69) is 25.9 Å². The lowest BCUT2D eigenvalue weighted by atomic mass is 10.2. The highest BCUT2D eigenvalue weighted by Gasteiger charge is 2.31. The number of nitrogens with one attached hydrogen (secondary N) is 3. The van der Waals surface area contributed by atoms with Gasteiger partial charge >= 0.3 is 6.03 Å². The predicted molar refractivity (Wildman–Crippen MR) is 126 cm³/mol. The van der Waals surface area contributed by atoms with Gasteiger partial charge in [-0.25, -0.2) is 19.2 Å². The van der Waals surface area contributed by atoms with Gasteiger partial charge in [0.1, 0.15) is 23.0 Å². The average molecular weight is 459 g/mol. The molecule has 0 saturated heterocycles. The second-order valence-electron chi connectivity index (χ2n) is 8.09. The highest BCUT2D eigenvalue weighted by atomic mass is 19.1. The number of nitrogens with zero attached hydrogens (tertiary/aromatic N) is 3. The Morgan fingerprint density at radius 2 is 1.88 bits per heavy atom. The molecule has 0 atom stereocenters. The van der Waals surface area contributed by atoms with E-state index in [1.54, 1.807) is 30.6 Å². The summed E-state index contributed by atoms with van der Waals surface area (Å²) in [5.74, 6) is 0.627. The summed E-state index contributed by atoms with van der Waals surface area (Å²) in [6, 6.07) is 12.2. The number of nitrogens with two attached hydrogens (primary N) is 1. The van der Waals surface area contributed by atoms with Crippen molar-refractivity contribution in [1.82, 2.24) is 19.7 Å². The SMILES string of the molecule is Nc1nccn2c(C3CC3)nc(C(=O)Nc3cccc(CNC(=O)Nc4ccc(F)cc4)c3)c12. The van der Waals surface area contributed by atoms with E-state index in [0.717, 1.165) is 24.2 Å². The summed E-state index contributed by atoms with van der Waals surface area (Å²) in [6.07, 6.45) is 5.44. The summed E-state index contributed by atoms with van der Waals surface area (Å²) in [7, 11) is 0. The molecule has 2 aromatic heterocycles. The highest BCUT2D eigenvalue weighted by molar-refractivity contribution is 6.09. The van der Waals surface area contributed by atoms with Crippen LogP contribution in [0.15, 0.2) is 60.9 Å². The summed E-state index contributed by atoms with van der Waals surface area (Å²) < 4.78 is 14.8. The van der Waals surface area contributed by atoms with E-state index in [0.29, 0.717) is 22.8 Å². The molecule has 2 aromatic carbocycles. The second kappa shape index (κ2) is 8.81. The fraction of sp³-hybridized carbons (Fsp3) is 0.167. The standard InChI is InChI=1S/C24H22FN7O2/c25-16-6-8-17(9-7-16)30-24(34)28-13-14-2-1-3-18(12-14)29-23(33)19-20-21(26)27-10-11-32(20)22(31-19)15-4-5-15/h1-3,6-12,15H,4-5,13H2,(H2,26,27)(H,29,33)(H2,28,30,34). The van der Waals surface area contributed by atoms with Gasteiger partial charge in [0.15, 0.2) is 5.69 Å². The molecule has 0 bridgehead atoms. The van der Waals surface area contributed by atoms with Crippen LogP contribution in [0.2, 0.25) is 0 Å². The molecular formula is C24H22FN7O2. The number of fused-ring (bicyclic) bond motifs is 1. The van der Waals surface area contributed by atoms with Gasteiger partial charge in [-0.15, -0.1) is 0 Å². The number of hydrogen-bond donors (Lipinski definition) is 4. The number of urea groups is 1. The van der Waals surface area contributed by atoms with Crippen molar-refractivity contribution in [3.8, 4) is 0 Å². The maximum Gasteiger partial charge on any atom is 0.319 e. The van der Waals surface area contributed by atoms with Crippen LogP contribution < -0.4 is 21.7 Å². The van der Waals surface area contributed by atoms with E-state index in [-0.39, 0.29) is 29.8 Å². The number of hydrogen-bond acceptors (Lipinski definition) is 5. The molecule has 1 saturated carbocycles. The number of carbonyl (C=O) groups is 2. The minimum absolute atomic E-state index is 0.229. The molecule has 10 heteroatoms. The molecule has 0 radical (unpaired) electrons. The molecule has 5 rings (SSSR count). The summed E-state index contributed by atoms with van der Waals surface area (Å²) in [5, 5.41) is 8.22. The fourth-order valence-corrected chi connectivity index (χ4v) is 3.72.